The van der Waals surface area contributed by atoms with Crippen molar-refractivity contribution < 1.29 is 4.74 Å². The van der Waals surface area contributed by atoms with E-state index in [9.17, 15) is 0 Å². The van der Waals surface area contributed by atoms with Crippen LogP contribution >= 0.6 is 0 Å². The Labute approximate surface area is 107 Å². The Balaban J connectivity index is 2.01. The molecule has 0 saturated carbocycles. The Morgan fingerprint density at radius 2 is 2.17 bits per heavy atom. The topological polar surface area (TPSA) is 52.0 Å². The summed E-state index contributed by atoms with van der Waals surface area (Å²) in [5, 5.41) is 11.5. The first-order chi connectivity index (χ1) is 8.70. The maximum atomic E-state index is 5.11. The van der Waals surface area contributed by atoms with E-state index in [4.69, 9.17) is 4.74 Å². The SMILES string of the molecule is COCc1cccc(NCc2nnc(C)n2C)c1. The zero-order valence-electron chi connectivity index (χ0n) is 11.0. The lowest BCUT2D eigenvalue weighted by molar-refractivity contribution is 0.185. The van der Waals surface area contributed by atoms with Gasteiger partial charge in [0.05, 0.1) is 13.2 Å². The molecule has 0 spiro atoms. The monoisotopic (exact) mass is 246 g/mol. The highest BCUT2D eigenvalue weighted by atomic mass is 16.5. The number of nitrogens with one attached hydrogen (secondary N) is 1. The lowest BCUT2D eigenvalue weighted by Crippen LogP contribution is -2.06. The second kappa shape index (κ2) is 5.64. The van der Waals surface area contributed by atoms with E-state index >= 15 is 0 Å². The third-order valence-corrected chi connectivity index (χ3v) is 2.87. The summed E-state index contributed by atoms with van der Waals surface area (Å²) in [6, 6.07) is 8.16. The molecule has 1 heterocycles. The highest BCUT2D eigenvalue weighted by Gasteiger charge is 2.04. The standard InChI is InChI=1S/C13H18N4O/c1-10-15-16-13(17(10)2)8-14-12-6-4-5-11(7-12)9-18-3/h4-7,14H,8-9H2,1-3H3. The van der Waals surface area contributed by atoms with Crippen LogP contribution in [0.15, 0.2) is 24.3 Å². The fraction of sp³-hybridized carbons (Fsp3) is 0.385. The quantitative estimate of drug-likeness (QED) is 0.875. The molecule has 96 valence electrons. The van der Waals surface area contributed by atoms with E-state index in [1.807, 2.05) is 36.7 Å². The minimum Gasteiger partial charge on any atom is -0.380 e. The molecule has 1 N–H and O–H groups in total. The van der Waals surface area contributed by atoms with Crippen molar-refractivity contribution in [3.8, 4) is 0 Å². The summed E-state index contributed by atoms with van der Waals surface area (Å²) in [6.07, 6.45) is 0. The zero-order valence-corrected chi connectivity index (χ0v) is 11.0. The molecule has 1 aromatic heterocycles. The first-order valence-corrected chi connectivity index (χ1v) is 5.87. The molecule has 0 aliphatic carbocycles. The van der Waals surface area contributed by atoms with E-state index in [0.29, 0.717) is 13.2 Å². The highest BCUT2D eigenvalue weighted by Crippen LogP contribution is 2.12. The highest BCUT2D eigenvalue weighted by molar-refractivity contribution is 5.45. The average molecular weight is 246 g/mol. The minimum atomic E-state index is 0.624. The summed E-state index contributed by atoms with van der Waals surface area (Å²) in [4.78, 5) is 0. The second-order valence-corrected chi connectivity index (χ2v) is 4.21. The third-order valence-electron chi connectivity index (χ3n) is 2.87. The Morgan fingerprint density at radius 1 is 1.33 bits per heavy atom. The molecule has 0 bridgehead atoms. The number of rotatable bonds is 5. The number of benzene rings is 1. The number of ether oxygens (including phenoxy) is 1. The molecule has 0 aliphatic heterocycles. The van der Waals surface area contributed by atoms with Gasteiger partial charge in [0.15, 0.2) is 5.82 Å². The predicted molar refractivity (Wildman–Crippen MR) is 70.2 cm³/mol. The third kappa shape index (κ3) is 2.87. The number of nitrogens with zero attached hydrogens (tertiary/aromatic N) is 3. The molecular weight excluding hydrogens is 228 g/mol. The van der Waals surface area contributed by atoms with E-state index < -0.39 is 0 Å². The van der Waals surface area contributed by atoms with Crippen LogP contribution in [0.5, 0.6) is 0 Å². The van der Waals surface area contributed by atoms with Gasteiger partial charge in [-0.3, -0.25) is 0 Å². The van der Waals surface area contributed by atoms with Gasteiger partial charge < -0.3 is 14.6 Å². The molecule has 0 saturated heterocycles. The van der Waals surface area contributed by atoms with E-state index in [1.165, 1.54) is 0 Å². The molecule has 2 aromatic rings. The number of methoxy groups -OCH3 is 1. The smallest absolute Gasteiger partial charge is 0.152 e. The van der Waals surface area contributed by atoms with Gasteiger partial charge in [0.2, 0.25) is 0 Å². The number of aryl methyl sites for hydroxylation is 1. The van der Waals surface area contributed by atoms with Crippen molar-refractivity contribution in [3.63, 3.8) is 0 Å². The Hall–Kier alpha value is -1.88. The largest absolute Gasteiger partial charge is 0.380 e. The summed E-state index contributed by atoms with van der Waals surface area (Å²) in [6.45, 7) is 3.22. The van der Waals surface area contributed by atoms with E-state index in [2.05, 4.69) is 21.6 Å². The van der Waals surface area contributed by atoms with Crippen LogP contribution in [0.4, 0.5) is 5.69 Å². The van der Waals surface area contributed by atoms with Crippen LogP contribution in [0.25, 0.3) is 0 Å². The molecule has 5 heteroatoms. The molecule has 0 fully saturated rings. The molecular formula is C13H18N4O. The maximum absolute atomic E-state index is 5.11. The molecule has 18 heavy (non-hydrogen) atoms. The van der Waals surface area contributed by atoms with Gasteiger partial charge in [0, 0.05) is 19.8 Å². The van der Waals surface area contributed by atoms with Crippen molar-refractivity contribution in [1.82, 2.24) is 14.8 Å². The molecule has 0 aliphatic rings. The zero-order chi connectivity index (χ0) is 13.0. The fourth-order valence-electron chi connectivity index (χ4n) is 1.72. The Bertz CT molecular complexity index is 521. The molecule has 0 unspecified atom stereocenters. The van der Waals surface area contributed by atoms with Crippen LogP contribution in [0.1, 0.15) is 17.2 Å². The van der Waals surface area contributed by atoms with Gasteiger partial charge in [-0.1, -0.05) is 12.1 Å². The number of aromatic nitrogens is 3. The average Bonchev–Trinajstić information content (AvgIpc) is 2.69. The van der Waals surface area contributed by atoms with Crippen molar-refractivity contribution >= 4 is 5.69 Å². The number of hydrogen-bond donors (Lipinski definition) is 1. The summed E-state index contributed by atoms with van der Waals surface area (Å²) in [5.74, 6) is 1.84. The number of hydrogen-bond acceptors (Lipinski definition) is 4. The van der Waals surface area contributed by atoms with Gasteiger partial charge in [-0.2, -0.15) is 0 Å². The summed E-state index contributed by atoms with van der Waals surface area (Å²) >= 11 is 0. The van der Waals surface area contributed by atoms with Crippen molar-refractivity contribution in [1.29, 1.82) is 0 Å². The van der Waals surface area contributed by atoms with Gasteiger partial charge in [-0.25, -0.2) is 0 Å². The van der Waals surface area contributed by atoms with Gasteiger partial charge >= 0.3 is 0 Å². The van der Waals surface area contributed by atoms with Crippen molar-refractivity contribution in [2.24, 2.45) is 7.05 Å². The van der Waals surface area contributed by atoms with E-state index in [1.54, 1.807) is 7.11 Å². The van der Waals surface area contributed by atoms with Crippen molar-refractivity contribution in [3.05, 3.63) is 41.5 Å². The van der Waals surface area contributed by atoms with Gasteiger partial charge in [0.1, 0.15) is 5.82 Å². The van der Waals surface area contributed by atoms with E-state index in [0.717, 1.165) is 22.9 Å². The molecule has 0 amide bonds. The van der Waals surface area contributed by atoms with Crippen LogP contribution in [0, 0.1) is 6.92 Å². The number of anilines is 1. The van der Waals surface area contributed by atoms with Crippen molar-refractivity contribution in [2.45, 2.75) is 20.1 Å². The fourth-order valence-corrected chi connectivity index (χ4v) is 1.72. The van der Waals surface area contributed by atoms with Crippen LogP contribution in [0.3, 0.4) is 0 Å². The minimum absolute atomic E-state index is 0.624. The molecule has 0 radical (unpaired) electrons. The molecule has 1 aromatic carbocycles. The molecule has 0 atom stereocenters. The van der Waals surface area contributed by atoms with Gasteiger partial charge in [-0.05, 0) is 24.6 Å². The first-order valence-electron chi connectivity index (χ1n) is 5.87. The van der Waals surface area contributed by atoms with Crippen LogP contribution in [0.2, 0.25) is 0 Å². The Kier molecular flexibility index (Phi) is 3.94. The lowest BCUT2D eigenvalue weighted by Gasteiger charge is -2.08. The predicted octanol–water partition coefficient (Wildman–Crippen LogP) is 1.88. The molecule has 5 nitrogen and oxygen atoms in total. The van der Waals surface area contributed by atoms with Crippen LogP contribution < -0.4 is 5.32 Å². The van der Waals surface area contributed by atoms with Crippen LogP contribution in [-0.2, 0) is 24.9 Å². The normalized spacial score (nSPS) is 10.6. The first kappa shape index (κ1) is 12.6. The Morgan fingerprint density at radius 3 is 2.83 bits per heavy atom. The summed E-state index contributed by atoms with van der Waals surface area (Å²) < 4.78 is 7.09. The second-order valence-electron chi connectivity index (χ2n) is 4.21. The maximum Gasteiger partial charge on any atom is 0.152 e. The van der Waals surface area contributed by atoms with E-state index in [-0.39, 0.29) is 0 Å². The van der Waals surface area contributed by atoms with Crippen LogP contribution in [-0.4, -0.2) is 21.9 Å². The molecule has 2 rings (SSSR count). The van der Waals surface area contributed by atoms with Crippen molar-refractivity contribution in [2.75, 3.05) is 12.4 Å². The van der Waals surface area contributed by atoms with Gasteiger partial charge in [-0.15, -0.1) is 10.2 Å². The van der Waals surface area contributed by atoms with Gasteiger partial charge in [0.25, 0.3) is 0 Å². The summed E-state index contributed by atoms with van der Waals surface area (Å²) in [7, 11) is 3.66. The lowest BCUT2D eigenvalue weighted by atomic mass is 10.2. The summed E-state index contributed by atoms with van der Waals surface area (Å²) in [5.41, 5.74) is 2.21.